The fourth-order valence-corrected chi connectivity index (χ4v) is 11.3. The van der Waals surface area contributed by atoms with E-state index in [9.17, 15) is 43.2 Å². The normalized spacial score (nSPS) is 14.9. The first kappa shape index (κ1) is 99.9. The second-order valence-corrected chi connectivity index (χ2v) is 28.4. The Bertz CT molecular complexity index is 2780. The van der Waals surface area contributed by atoms with E-state index in [2.05, 4.69) is 198 Å². The van der Waals surface area contributed by atoms with Crippen molar-refractivity contribution in [3.63, 3.8) is 0 Å². The maximum Gasteiger partial charge on any atom is 0.472 e. The number of hydrogen-bond donors (Lipinski definition) is 3. The third-order valence-corrected chi connectivity index (χ3v) is 17.4. The van der Waals surface area contributed by atoms with Gasteiger partial charge in [0.2, 0.25) is 0 Å². The SMILES string of the molecule is CC/C=C\C/C=C\C/C=C\C/C=C\C/C=C\CCCC(=O)OCC(COP(=O)(O)OCC(O)COP(=O)(O)OCC(COC(=O)CCCCCCCCC/C=C\C/C=C\C/C=C\CC)OC(=O)CCCCCCC/C=C\C/C=C\C/C=C\CC)OC(=O)CCC/C=C\C/C=C\C/C=C\C/C=C\C/C=C\CC. The highest BCUT2D eigenvalue weighted by molar-refractivity contribution is 7.47. The van der Waals surface area contributed by atoms with Gasteiger partial charge in [0.15, 0.2) is 12.2 Å². The van der Waals surface area contributed by atoms with Crippen LogP contribution in [0.4, 0.5) is 0 Å². The molecule has 3 N–H and O–H groups in total. The van der Waals surface area contributed by atoms with Gasteiger partial charge in [0.25, 0.3) is 0 Å². The second-order valence-electron chi connectivity index (χ2n) is 25.5. The fourth-order valence-electron chi connectivity index (χ4n) is 9.67. The third-order valence-electron chi connectivity index (χ3n) is 15.5. The monoisotopic (exact) mass is 1520 g/mol. The van der Waals surface area contributed by atoms with Crippen LogP contribution in [-0.4, -0.2) is 96.7 Å². The zero-order valence-electron chi connectivity index (χ0n) is 65.3. The number of carbonyl (C=O) groups is 4. The van der Waals surface area contributed by atoms with Crippen LogP contribution in [0.1, 0.15) is 272 Å². The van der Waals surface area contributed by atoms with E-state index in [1.54, 1.807) is 0 Å². The molecular weight excluding hydrogens is 1380 g/mol. The van der Waals surface area contributed by atoms with E-state index >= 15 is 0 Å². The Labute approximate surface area is 640 Å². The van der Waals surface area contributed by atoms with Crippen molar-refractivity contribution in [2.24, 2.45) is 0 Å². The van der Waals surface area contributed by atoms with Crippen LogP contribution in [0.15, 0.2) is 194 Å². The van der Waals surface area contributed by atoms with Crippen LogP contribution >= 0.6 is 15.6 Å². The number of aliphatic hydroxyl groups excluding tert-OH is 1. The summed E-state index contributed by atoms with van der Waals surface area (Å²) in [6.07, 6.45) is 94.3. The molecule has 0 saturated carbocycles. The Morgan fingerprint density at radius 1 is 0.264 bits per heavy atom. The van der Waals surface area contributed by atoms with Crippen LogP contribution in [-0.2, 0) is 65.4 Å². The summed E-state index contributed by atoms with van der Waals surface area (Å²) in [5.41, 5.74) is 0. The molecule has 19 heteroatoms. The van der Waals surface area contributed by atoms with Crippen molar-refractivity contribution in [1.82, 2.24) is 0 Å². The number of hydrogen-bond acceptors (Lipinski definition) is 15. The maximum absolute atomic E-state index is 13.1. The number of ether oxygens (including phenoxy) is 4. The van der Waals surface area contributed by atoms with Gasteiger partial charge >= 0.3 is 39.5 Å². The summed E-state index contributed by atoms with van der Waals surface area (Å²) in [5, 5.41) is 10.6. The average molecular weight is 1520 g/mol. The van der Waals surface area contributed by atoms with E-state index in [1.807, 2.05) is 24.3 Å². The molecule has 0 radical (unpaired) electrons. The first-order chi connectivity index (χ1) is 51.7. The molecule has 5 unspecified atom stereocenters. The molecule has 0 saturated heterocycles. The van der Waals surface area contributed by atoms with E-state index in [0.717, 1.165) is 180 Å². The zero-order valence-corrected chi connectivity index (χ0v) is 67.1. The highest BCUT2D eigenvalue weighted by atomic mass is 31.2. The summed E-state index contributed by atoms with van der Waals surface area (Å²) in [5.74, 6) is -2.36. The molecule has 0 fully saturated rings. The maximum atomic E-state index is 13.1. The molecule has 0 aromatic rings. The van der Waals surface area contributed by atoms with Gasteiger partial charge in [0.05, 0.1) is 26.4 Å². The predicted molar refractivity (Wildman–Crippen MR) is 436 cm³/mol. The van der Waals surface area contributed by atoms with E-state index in [1.165, 1.54) is 0 Å². The Kier molecular flexibility index (Phi) is 72.6. The lowest BCUT2D eigenvalue weighted by Gasteiger charge is -2.21. The van der Waals surface area contributed by atoms with Crippen LogP contribution in [0.5, 0.6) is 0 Å². The number of esters is 4. The minimum absolute atomic E-state index is 0.00403. The molecule has 0 aromatic heterocycles. The number of allylic oxidation sites excluding steroid dienone is 32. The molecule has 0 aliphatic heterocycles. The molecule has 598 valence electrons. The van der Waals surface area contributed by atoms with Gasteiger partial charge in [-0.05, 0) is 167 Å². The van der Waals surface area contributed by atoms with Gasteiger partial charge in [-0.1, -0.05) is 273 Å². The molecule has 0 aliphatic carbocycles. The summed E-state index contributed by atoms with van der Waals surface area (Å²) >= 11 is 0. The first-order valence-corrected chi connectivity index (χ1v) is 42.7. The highest BCUT2D eigenvalue weighted by Crippen LogP contribution is 2.45. The van der Waals surface area contributed by atoms with Gasteiger partial charge in [-0.3, -0.25) is 37.3 Å². The number of phosphoric ester groups is 2. The van der Waals surface area contributed by atoms with Crippen LogP contribution in [0.25, 0.3) is 0 Å². The summed E-state index contributed by atoms with van der Waals surface area (Å²) in [4.78, 5) is 73.0. The van der Waals surface area contributed by atoms with Crippen molar-refractivity contribution in [3.05, 3.63) is 194 Å². The van der Waals surface area contributed by atoms with Gasteiger partial charge in [-0.2, -0.15) is 0 Å². The average Bonchev–Trinajstić information content (AvgIpc) is 0.902. The van der Waals surface area contributed by atoms with Crippen LogP contribution < -0.4 is 0 Å². The molecule has 0 amide bonds. The minimum atomic E-state index is -5.02. The lowest BCUT2D eigenvalue weighted by molar-refractivity contribution is -0.161. The van der Waals surface area contributed by atoms with Crippen molar-refractivity contribution in [2.45, 2.75) is 290 Å². The summed E-state index contributed by atoms with van der Waals surface area (Å²) in [7, 11) is -10.0. The Balaban J connectivity index is 5.51. The lowest BCUT2D eigenvalue weighted by Crippen LogP contribution is -2.30. The van der Waals surface area contributed by atoms with Gasteiger partial charge in [0.1, 0.15) is 19.3 Å². The number of rotatable bonds is 72. The van der Waals surface area contributed by atoms with Crippen molar-refractivity contribution >= 4 is 39.5 Å². The molecular formula is C87H138O17P2. The molecule has 0 aliphatic rings. The standard InChI is InChI=1S/C87H138O17P2/c1-5-9-13-17-21-25-29-33-37-40-44-47-51-55-59-63-67-71-84(89)97-77-82(103-86(91)73-69-65-61-57-53-49-43-36-32-28-24-20-16-12-8-4)79-101-105(93,94)99-75-81(88)76-100-106(95,96)102-80-83(104-87(92)74-70-66-62-58-54-50-46-42-39-35-31-27-23-19-15-11-7-3)78-98-85(90)72-68-64-60-56-52-48-45-41-38-34-30-26-22-18-14-10-6-2/h9-16,21-28,33-39,43,45-46,48,50,56,58,60,62,81-83,88H,5-8,17-20,29-32,40-42,44,47,49,51-55,57,59,61,63-80H2,1-4H3,(H,93,94)(H,95,96)/b13-9-,14-10-,15-11-,16-12-,25-21-,26-22-,27-23-,28-24-,37-33-,38-34-,39-35-,43-36-,48-45-,50-46-,60-56-,62-58-. The van der Waals surface area contributed by atoms with E-state index in [0.29, 0.717) is 38.5 Å². The van der Waals surface area contributed by atoms with E-state index < -0.39 is 97.5 Å². The Morgan fingerprint density at radius 2 is 0.472 bits per heavy atom. The third kappa shape index (κ3) is 76.1. The van der Waals surface area contributed by atoms with Gasteiger partial charge < -0.3 is 33.8 Å². The smallest absolute Gasteiger partial charge is 0.462 e. The number of unbranched alkanes of at least 4 members (excludes halogenated alkanes) is 14. The topological polar surface area (TPSA) is 237 Å². The highest BCUT2D eigenvalue weighted by Gasteiger charge is 2.30. The molecule has 0 heterocycles. The Morgan fingerprint density at radius 3 is 0.755 bits per heavy atom. The van der Waals surface area contributed by atoms with Crippen molar-refractivity contribution in [3.8, 4) is 0 Å². The second kappa shape index (κ2) is 77.1. The van der Waals surface area contributed by atoms with Crippen molar-refractivity contribution in [2.75, 3.05) is 39.6 Å². The quantitative estimate of drug-likeness (QED) is 0.0169. The van der Waals surface area contributed by atoms with Gasteiger partial charge in [-0.15, -0.1) is 0 Å². The van der Waals surface area contributed by atoms with Crippen LogP contribution in [0.2, 0.25) is 0 Å². The lowest BCUT2D eigenvalue weighted by atomic mass is 10.1. The van der Waals surface area contributed by atoms with E-state index in [-0.39, 0.29) is 25.7 Å². The molecule has 17 nitrogen and oxygen atoms in total. The molecule has 5 atom stereocenters. The molecule has 0 spiro atoms. The predicted octanol–water partition coefficient (Wildman–Crippen LogP) is 23.3. The first-order valence-electron chi connectivity index (χ1n) is 39.7. The summed E-state index contributed by atoms with van der Waals surface area (Å²) < 4.78 is 68.5. The van der Waals surface area contributed by atoms with Gasteiger partial charge in [-0.25, -0.2) is 9.13 Å². The molecule has 0 rings (SSSR count). The van der Waals surface area contributed by atoms with Crippen molar-refractivity contribution in [1.29, 1.82) is 0 Å². The number of aliphatic hydroxyl groups is 1. The number of carbonyl (C=O) groups excluding carboxylic acids is 4. The molecule has 106 heavy (non-hydrogen) atoms. The zero-order chi connectivity index (χ0) is 77.4. The summed E-state index contributed by atoms with van der Waals surface area (Å²) in [6.45, 7) is 4.23. The van der Waals surface area contributed by atoms with Crippen molar-refractivity contribution < 1.29 is 80.2 Å². The van der Waals surface area contributed by atoms with Gasteiger partial charge in [0, 0.05) is 25.7 Å². The van der Waals surface area contributed by atoms with Crippen LogP contribution in [0.3, 0.4) is 0 Å². The molecule has 0 aromatic carbocycles. The summed E-state index contributed by atoms with van der Waals surface area (Å²) in [6, 6.07) is 0. The molecule has 0 bridgehead atoms. The largest absolute Gasteiger partial charge is 0.472 e. The number of phosphoric acid groups is 2. The van der Waals surface area contributed by atoms with E-state index in [4.69, 9.17) is 37.0 Å². The Hall–Kier alpha value is -6.10. The minimum Gasteiger partial charge on any atom is -0.462 e. The fraction of sp³-hybridized carbons (Fsp3) is 0.586. The van der Waals surface area contributed by atoms with Crippen LogP contribution in [0, 0.1) is 0 Å².